The van der Waals surface area contributed by atoms with E-state index in [0.29, 0.717) is 11.1 Å². The smallest absolute Gasteiger partial charge is 0.338 e. The van der Waals surface area contributed by atoms with Crippen molar-refractivity contribution in [2.24, 2.45) is 0 Å². The summed E-state index contributed by atoms with van der Waals surface area (Å²) in [7, 11) is 1.50. The molecule has 1 fully saturated rings. The number of nitrogens with zero attached hydrogens (tertiary/aromatic N) is 1. The Morgan fingerprint density at radius 3 is 2.67 bits per heavy atom. The zero-order chi connectivity index (χ0) is 21.7. The number of esters is 1. The highest BCUT2D eigenvalue weighted by Crippen LogP contribution is 2.31. The van der Waals surface area contributed by atoms with E-state index in [1.807, 2.05) is 0 Å². The van der Waals surface area contributed by atoms with E-state index in [0.717, 1.165) is 4.57 Å². The van der Waals surface area contributed by atoms with Gasteiger partial charge in [-0.2, -0.15) is 0 Å². The fourth-order valence-corrected chi connectivity index (χ4v) is 3.12. The number of rotatable bonds is 8. The van der Waals surface area contributed by atoms with Crippen LogP contribution in [0.5, 0.6) is 0 Å². The minimum Gasteiger partial charge on any atom is -0.459 e. The molecule has 1 aromatic heterocycles. The lowest BCUT2D eigenvalue weighted by Gasteiger charge is -2.22. The van der Waals surface area contributed by atoms with E-state index in [1.54, 1.807) is 37.3 Å². The second kappa shape index (κ2) is 9.81. The van der Waals surface area contributed by atoms with Crippen molar-refractivity contribution in [1.82, 2.24) is 9.55 Å². The molecule has 2 aromatic rings. The molecular weight excluding hydrogens is 396 g/mol. The number of nitrogens with one attached hydrogen (secondary N) is 1. The van der Waals surface area contributed by atoms with Crippen molar-refractivity contribution >= 4 is 5.97 Å². The van der Waals surface area contributed by atoms with Crippen LogP contribution < -0.4 is 11.2 Å². The summed E-state index contributed by atoms with van der Waals surface area (Å²) in [4.78, 5) is 38.4. The van der Waals surface area contributed by atoms with Gasteiger partial charge in [0, 0.05) is 18.9 Å². The highest BCUT2D eigenvalue weighted by molar-refractivity contribution is 5.89. The fraction of sp³-hybridized carbons (Fsp3) is 0.450. The first-order valence-electron chi connectivity index (χ1n) is 9.40. The molecule has 2 heterocycles. The first-order chi connectivity index (χ1) is 14.4. The van der Waals surface area contributed by atoms with Gasteiger partial charge >= 0.3 is 11.7 Å². The number of aromatic amines is 1. The maximum atomic E-state index is 12.3. The van der Waals surface area contributed by atoms with Crippen LogP contribution >= 0.6 is 0 Å². The molecule has 10 nitrogen and oxygen atoms in total. The highest BCUT2D eigenvalue weighted by Gasteiger charge is 2.46. The minimum atomic E-state index is -1.19. The molecule has 2 N–H and O–H groups in total. The van der Waals surface area contributed by atoms with E-state index in [9.17, 15) is 19.5 Å². The van der Waals surface area contributed by atoms with Gasteiger partial charge in [0.25, 0.3) is 5.56 Å². The lowest BCUT2D eigenvalue weighted by Crippen LogP contribution is -2.40. The number of aliphatic hydroxyl groups is 1. The zero-order valence-corrected chi connectivity index (χ0v) is 16.6. The van der Waals surface area contributed by atoms with E-state index in [1.165, 1.54) is 13.3 Å². The van der Waals surface area contributed by atoms with Gasteiger partial charge in [-0.3, -0.25) is 14.3 Å². The molecule has 4 atom stereocenters. The number of benzene rings is 1. The predicted octanol–water partition coefficient (Wildman–Crippen LogP) is -0.00808. The van der Waals surface area contributed by atoms with E-state index < -0.39 is 41.8 Å². The zero-order valence-electron chi connectivity index (χ0n) is 16.6. The maximum absolute atomic E-state index is 12.3. The van der Waals surface area contributed by atoms with Crippen LogP contribution in [0.25, 0.3) is 0 Å². The largest absolute Gasteiger partial charge is 0.459 e. The molecular formula is C20H24N2O8. The Kier molecular flexibility index (Phi) is 7.16. The molecule has 0 spiro atoms. The van der Waals surface area contributed by atoms with Gasteiger partial charge in [0.1, 0.15) is 24.9 Å². The number of carbonyl (C=O) groups excluding carboxylic acids is 1. The fourth-order valence-electron chi connectivity index (χ4n) is 3.12. The van der Waals surface area contributed by atoms with E-state index >= 15 is 0 Å². The van der Waals surface area contributed by atoms with Gasteiger partial charge in [0.2, 0.25) is 0 Å². The molecule has 0 amide bonds. The van der Waals surface area contributed by atoms with Crippen LogP contribution in [0.15, 0.2) is 46.1 Å². The van der Waals surface area contributed by atoms with Crippen molar-refractivity contribution in [3.63, 3.8) is 0 Å². The van der Waals surface area contributed by atoms with Gasteiger partial charge < -0.3 is 24.1 Å². The number of carbonyl (C=O) groups is 1. The normalized spacial score (nSPS) is 23.4. The van der Waals surface area contributed by atoms with Gasteiger partial charge in [-0.05, 0) is 19.1 Å². The number of aliphatic hydroxyl groups excluding tert-OH is 1. The quantitative estimate of drug-likeness (QED) is 0.451. The number of H-pyrrole nitrogens is 1. The summed E-state index contributed by atoms with van der Waals surface area (Å²) in [5, 5.41) is 10.7. The van der Waals surface area contributed by atoms with Crippen LogP contribution in [0, 0.1) is 6.92 Å². The van der Waals surface area contributed by atoms with Crippen molar-refractivity contribution in [2.75, 3.05) is 26.9 Å². The summed E-state index contributed by atoms with van der Waals surface area (Å²) in [5.41, 5.74) is -0.561. The van der Waals surface area contributed by atoms with Crippen LogP contribution in [0.3, 0.4) is 0 Å². The molecule has 30 heavy (non-hydrogen) atoms. The first kappa shape index (κ1) is 21.9. The van der Waals surface area contributed by atoms with Crippen molar-refractivity contribution in [2.45, 2.75) is 31.5 Å². The summed E-state index contributed by atoms with van der Waals surface area (Å²) in [6, 6.07) is 8.40. The number of aromatic nitrogens is 2. The molecule has 162 valence electrons. The predicted molar refractivity (Wildman–Crippen MR) is 104 cm³/mol. The second-order valence-electron chi connectivity index (χ2n) is 6.83. The van der Waals surface area contributed by atoms with E-state index in [4.69, 9.17) is 18.9 Å². The lowest BCUT2D eigenvalue weighted by atomic mass is 10.1. The molecule has 10 heteroatoms. The Hall–Kier alpha value is -2.79. The first-order valence-corrected chi connectivity index (χ1v) is 9.40. The molecule has 0 saturated carbocycles. The molecule has 1 aromatic carbocycles. The van der Waals surface area contributed by atoms with Crippen LogP contribution in [0.2, 0.25) is 0 Å². The molecule has 0 bridgehead atoms. The van der Waals surface area contributed by atoms with Crippen LogP contribution in [-0.2, 0) is 18.9 Å². The molecule has 0 radical (unpaired) electrons. The van der Waals surface area contributed by atoms with Crippen LogP contribution in [0.1, 0.15) is 22.1 Å². The average molecular weight is 420 g/mol. The van der Waals surface area contributed by atoms with E-state index in [2.05, 4.69) is 4.98 Å². The van der Waals surface area contributed by atoms with Gasteiger partial charge in [-0.15, -0.1) is 0 Å². The number of ether oxygens (including phenoxy) is 4. The standard InChI is InChI=1S/C20H24N2O8/c1-12-10-22(20(26)21-17(12)24)18-16(28-9-8-27-2)15(23)14(30-18)11-29-19(25)13-6-4-3-5-7-13/h3-7,10,14-16,18,23H,8-9,11H2,1-2H3,(H,21,24,26). The molecule has 0 aliphatic carbocycles. The summed E-state index contributed by atoms with van der Waals surface area (Å²) < 4.78 is 22.9. The third-order valence-corrected chi connectivity index (χ3v) is 4.72. The van der Waals surface area contributed by atoms with E-state index in [-0.39, 0.29) is 19.8 Å². The van der Waals surface area contributed by atoms with Gasteiger partial charge in [-0.1, -0.05) is 18.2 Å². The Morgan fingerprint density at radius 1 is 1.23 bits per heavy atom. The monoisotopic (exact) mass is 420 g/mol. The third-order valence-electron chi connectivity index (χ3n) is 4.72. The SMILES string of the molecule is COCCOC1C(O)C(COC(=O)c2ccccc2)OC1n1cc(C)c(=O)[nH]c1=O. The van der Waals surface area contributed by atoms with Crippen molar-refractivity contribution in [1.29, 1.82) is 0 Å². The Balaban J connectivity index is 1.78. The molecule has 4 unspecified atom stereocenters. The molecule has 1 saturated heterocycles. The van der Waals surface area contributed by atoms with Crippen molar-refractivity contribution < 1.29 is 28.8 Å². The average Bonchev–Trinajstić information content (AvgIpc) is 3.05. The van der Waals surface area contributed by atoms with Crippen molar-refractivity contribution in [3.05, 3.63) is 68.5 Å². The number of methoxy groups -OCH3 is 1. The van der Waals surface area contributed by atoms with Crippen molar-refractivity contribution in [3.8, 4) is 0 Å². The minimum absolute atomic E-state index is 0.145. The summed E-state index contributed by atoms with van der Waals surface area (Å²) in [5.74, 6) is -0.566. The maximum Gasteiger partial charge on any atom is 0.338 e. The number of aryl methyl sites for hydroxylation is 1. The van der Waals surface area contributed by atoms with Crippen LogP contribution in [0.4, 0.5) is 0 Å². The molecule has 1 aliphatic rings. The highest BCUT2D eigenvalue weighted by atomic mass is 16.6. The summed E-state index contributed by atoms with van der Waals surface area (Å²) in [6.07, 6.45) is -2.75. The summed E-state index contributed by atoms with van der Waals surface area (Å²) in [6.45, 7) is 1.71. The lowest BCUT2D eigenvalue weighted by molar-refractivity contribution is -0.0827. The third kappa shape index (κ3) is 4.85. The Labute approximate surface area is 172 Å². The second-order valence-corrected chi connectivity index (χ2v) is 6.83. The topological polar surface area (TPSA) is 129 Å². The molecule has 1 aliphatic heterocycles. The summed E-state index contributed by atoms with van der Waals surface area (Å²) >= 11 is 0. The van der Waals surface area contributed by atoms with Gasteiger partial charge in [0.15, 0.2) is 6.23 Å². The van der Waals surface area contributed by atoms with Gasteiger partial charge in [0.05, 0.1) is 18.8 Å². The van der Waals surface area contributed by atoms with Gasteiger partial charge in [-0.25, -0.2) is 9.59 Å². The Morgan fingerprint density at radius 2 is 1.97 bits per heavy atom. The number of hydrogen-bond acceptors (Lipinski definition) is 8. The molecule has 3 rings (SSSR count). The Bertz CT molecular complexity index is 971. The van der Waals surface area contributed by atoms with Crippen LogP contribution in [-0.4, -0.2) is 65.9 Å². The number of hydrogen-bond donors (Lipinski definition) is 2.